The lowest BCUT2D eigenvalue weighted by Crippen LogP contribution is -2.26. The van der Waals surface area contributed by atoms with Crippen LogP contribution in [0.1, 0.15) is 10.4 Å². The predicted octanol–water partition coefficient (Wildman–Crippen LogP) is 4.66. The number of carbonyl (C=O) groups is 1. The highest BCUT2D eigenvalue weighted by Gasteiger charge is 2.23. The Labute approximate surface area is 192 Å². The molecule has 4 rings (SSSR count). The molecule has 1 heterocycles. The summed E-state index contributed by atoms with van der Waals surface area (Å²) in [4.78, 5) is 16.6. The molecule has 1 N–H and O–H groups in total. The molecule has 1 amide bonds. The molecular formula is C22H17F2N3O4S2. The first kappa shape index (κ1) is 22.6. The number of hydrogen-bond acceptors (Lipinski definition) is 6. The highest BCUT2D eigenvalue weighted by molar-refractivity contribution is 7.92. The molecule has 170 valence electrons. The van der Waals surface area contributed by atoms with Gasteiger partial charge >= 0.3 is 0 Å². The quantitative estimate of drug-likeness (QED) is 0.426. The number of amides is 1. The van der Waals surface area contributed by atoms with Crippen LogP contribution in [0.3, 0.4) is 0 Å². The van der Waals surface area contributed by atoms with Gasteiger partial charge in [-0.15, -0.1) is 0 Å². The molecule has 0 saturated heterocycles. The lowest BCUT2D eigenvalue weighted by Gasteiger charge is -2.20. The molecular weight excluding hydrogens is 472 g/mol. The van der Waals surface area contributed by atoms with E-state index in [0.29, 0.717) is 17.5 Å². The van der Waals surface area contributed by atoms with E-state index >= 15 is 0 Å². The molecule has 0 saturated carbocycles. The minimum atomic E-state index is -3.96. The minimum absolute atomic E-state index is 0.0584. The largest absolute Gasteiger partial charge is 0.497 e. The average Bonchev–Trinajstić information content (AvgIpc) is 3.21. The Bertz CT molecular complexity index is 1450. The fourth-order valence-electron chi connectivity index (χ4n) is 3.07. The van der Waals surface area contributed by atoms with Crippen LogP contribution in [-0.2, 0) is 10.0 Å². The molecule has 4 aromatic rings. The van der Waals surface area contributed by atoms with Gasteiger partial charge in [0.2, 0.25) is 0 Å². The van der Waals surface area contributed by atoms with Gasteiger partial charge in [-0.2, -0.15) is 0 Å². The van der Waals surface area contributed by atoms with Crippen LogP contribution in [0.5, 0.6) is 5.75 Å². The molecule has 11 heteroatoms. The van der Waals surface area contributed by atoms with Gasteiger partial charge < -0.3 is 4.74 Å². The van der Waals surface area contributed by atoms with Crippen LogP contribution >= 0.6 is 11.3 Å². The van der Waals surface area contributed by atoms with Gasteiger partial charge in [-0.3, -0.25) is 14.4 Å². The van der Waals surface area contributed by atoms with E-state index in [1.807, 2.05) is 0 Å². The lowest BCUT2D eigenvalue weighted by atomic mass is 10.2. The number of sulfonamides is 1. The van der Waals surface area contributed by atoms with Gasteiger partial charge in [-0.25, -0.2) is 22.2 Å². The second kappa shape index (κ2) is 8.75. The molecule has 0 radical (unpaired) electrons. The number of nitrogens with zero attached hydrogens (tertiary/aromatic N) is 2. The molecule has 3 aromatic carbocycles. The lowest BCUT2D eigenvalue weighted by molar-refractivity contribution is 0.102. The molecule has 1 aromatic heterocycles. The number of aromatic nitrogens is 1. The van der Waals surface area contributed by atoms with E-state index in [1.165, 1.54) is 38.4 Å². The maximum absolute atomic E-state index is 13.9. The van der Waals surface area contributed by atoms with Crippen LogP contribution in [0.2, 0.25) is 0 Å². The van der Waals surface area contributed by atoms with Gasteiger partial charge in [0, 0.05) is 18.7 Å². The Morgan fingerprint density at radius 2 is 1.82 bits per heavy atom. The molecule has 0 atom stereocenters. The maximum atomic E-state index is 13.9. The summed E-state index contributed by atoms with van der Waals surface area (Å²) in [5, 5.41) is 2.56. The zero-order chi connectivity index (χ0) is 23.8. The van der Waals surface area contributed by atoms with Crippen molar-refractivity contribution in [2.45, 2.75) is 4.90 Å². The highest BCUT2D eigenvalue weighted by Crippen LogP contribution is 2.29. The van der Waals surface area contributed by atoms with Crippen LogP contribution in [0.25, 0.3) is 10.2 Å². The molecule has 0 aliphatic rings. The van der Waals surface area contributed by atoms with Gasteiger partial charge in [0.15, 0.2) is 10.9 Å². The molecule has 0 aliphatic carbocycles. The Kier molecular flexibility index (Phi) is 6.00. The normalized spacial score (nSPS) is 11.4. The summed E-state index contributed by atoms with van der Waals surface area (Å²) >= 11 is 0.904. The number of rotatable bonds is 6. The van der Waals surface area contributed by atoms with E-state index in [4.69, 9.17) is 4.74 Å². The number of hydrogen-bond donors (Lipinski definition) is 1. The molecule has 0 unspecified atom stereocenters. The van der Waals surface area contributed by atoms with Crippen molar-refractivity contribution < 1.29 is 26.7 Å². The summed E-state index contributed by atoms with van der Waals surface area (Å²) in [6, 6.07) is 13.8. The second-order valence-corrected chi connectivity index (χ2v) is 9.91. The number of ether oxygens (including phenoxy) is 1. The SMILES string of the molecule is COc1ccc(N(C)S(=O)(=O)c2cccc(C(=O)Nc3nc4c(F)cc(F)cc4s3)c2)cc1. The molecule has 0 bridgehead atoms. The number of nitrogens with one attached hydrogen (secondary N) is 1. The second-order valence-electron chi connectivity index (χ2n) is 6.91. The number of halogens is 2. The monoisotopic (exact) mass is 489 g/mol. The average molecular weight is 490 g/mol. The Morgan fingerprint density at radius 1 is 1.09 bits per heavy atom. The Morgan fingerprint density at radius 3 is 2.52 bits per heavy atom. The first-order chi connectivity index (χ1) is 15.7. The van der Waals surface area contributed by atoms with Crippen molar-refractivity contribution in [1.29, 1.82) is 0 Å². The smallest absolute Gasteiger partial charge is 0.264 e. The summed E-state index contributed by atoms with van der Waals surface area (Å²) in [7, 11) is -1.05. The van der Waals surface area contributed by atoms with Gasteiger partial charge in [0.1, 0.15) is 17.1 Å². The van der Waals surface area contributed by atoms with E-state index in [2.05, 4.69) is 10.3 Å². The number of thiazole rings is 1. The number of benzene rings is 3. The standard InChI is InChI=1S/C22H17F2N3O4S2/c1-27(15-6-8-16(31-2)9-7-15)33(29,30)17-5-3-4-13(10-17)21(28)26-22-25-20-18(24)11-14(23)12-19(20)32-22/h3-12H,1-2H3,(H,25,26,28). The molecule has 0 spiro atoms. The van der Waals surface area contributed by atoms with E-state index in [0.717, 1.165) is 21.7 Å². The van der Waals surface area contributed by atoms with Gasteiger partial charge in [0.25, 0.3) is 15.9 Å². The summed E-state index contributed by atoms with van der Waals surface area (Å²) in [5.41, 5.74) is 0.411. The van der Waals surface area contributed by atoms with Crippen LogP contribution in [-0.4, -0.2) is 33.5 Å². The molecule has 7 nitrogen and oxygen atoms in total. The van der Waals surface area contributed by atoms with Crippen molar-refractivity contribution in [3.8, 4) is 5.75 Å². The molecule has 0 aliphatic heterocycles. The number of anilines is 2. The topological polar surface area (TPSA) is 88.6 Å². The van der Waals surface area contributed by atoms with E-state index < -0.39 is 27.6 Å². The highest BCUT2D eigenvalue weighted by atomic mass is 32.2. The third-order valence-electron chi connectivity index (χ3n) is 4.82. The summed E-state index contributed by atoms with van der Waals surface area (Å²) < 4.78 is 59.9. The van der Waals surface area contributed by atoms with Crippen molar-refractivity contribution in [3.05, 3.63) is 77.9 Å². The number of fused-ring (bicyclic) bond motifs is 1. The fraction of sp³-hybridized carbons (Fsp3) is 0.0909. The van der Waals surface area contributed by atoms with Gasteiger partial charge in [-0.1, -0.05) is 17.4 Å². The van der Waals surface area contributed by atoms with Gasteiger partial charge in [-0.05, 0) is 48.5 Å². The fourth-order valence-corrected chi connectivity index (χ4v) is 5.21. The van der Waals surface area contributed by atoms with Crippen molar-refractivity contribution in [3.63, 3.8) is 0 Å². The minimum Gasteiger partial charge on any atom is -0.497 e. The van der Waals surface area contributed by atoms with Crippen LogP contribution in [0.4, 0.5) is 19.6 Å². The zero-order valence-electron chi connectivity index (χ0n) is 17.4. The van der Waals surface area contributed by atoms with Crippen LogP contribution < -0.4 is 14.4 Å². The maximum Gasteiger partial charge on any atom is 0.264 e. The summed E-state index contributed by atoms with van der Waals surface area (Å²) in [6.45, 7) is 0. The predicted molar refractivity (Wildman–Crippen MR) is 123 cm³/mol. The number of methoxy groups -OCH3 is 1. The Balaban J connectivity index is 1.59. The first-order valence-corrected chi connectivity index (χ1v) is 11.7. The van der Waals surface area contributed by atoms with E-state index in [1.54, 1.807) is 24.3 Å². The van der Waals surface area contributed by atoms with E-state index in [-0.39, 0.29) is 25.8 Å². The third kappa shape index (κ3) is 4.50. The van der Waals surface area contributed by atoms with Crippen LogP contribution in [0, 0.1) is 11.6 Å². The summed E-state index contributed by atoms with van der Waals surface area (Å²) in [6.07, 6.45) is 0. The molecule has 0 fully saturated rings. The zero-order valence-corrected chi connectivity index (χ0v) is 19.0. The third-order valence-corrected chi connectivity index (χ3v) is 7.52. The van der Waals surface area contributed by atoms with Crippen molar-refractivity contribution in [2.24, 2.45) is 0 Å². The van der Waals surface area contributed by atoms with Gasteiger partial charge in [0.05, 0.1) is 22.4 Å². The Hall–Kier alpha value is -3.57. The van der Waals surface area contributed by atoms with E-state index in [9.17, 15) is 22.0 Å². The number of carbonyl (C=O) groups excluding carboxylic acids is 1. The van der Waals surface area contributed by atoms with Crippen molar-refractivity contribution in [2.75, 3.05) is 23.8 Å². The van der Waals surface area contributed by atoms with Crippen LogP contribution in [0.15, 0.2) is 65.6 Å². The first-order valence-electron chi connectivity index (χ1n) is 9.49. The molecule has 33 heavy (non-hydrogen) atoms. The van der Waals surface area contributed by atoms with Crippen molar-refractivity contribution in [1.82, 2.24) is 4.98 Å². The van der Waals surface area contributed by atoms with Crippen molar-refractivity contribution >= 4 is 48.3 Å². The summed E-state index contributed by atoms with van der Waals surface area (Å²) in [5.74, 6) is -1.64.